The molecule has 1 N–H and O–H groups in total. The number of aryl methyl sites for hydroxylation is 1. The maximum atomic E-state index is 3.63. The van der Waals surface area contributed by atoms with Crippen molar-refractivity contribution in [1.29, 1.82) is 0 Å². The summed E-state index contributed by atoms with van der Waals surface area (Å²) in [6.07, 6.45) is 2.59. The molecule has 0 aromatic heterocycles. The van der Waals surface area contributed by atoms with Gasteiger partial charge in [-0.1, -0.05) is 48.5 Å². The van der Waals surface area contributed by atoms with Crippen molar-refractivity contribution in [2.24, 2.45) is 5.92 Å². The number of likely N-dealkylation sites (tertiary alicyclic amines) is 1. The third-order valence-corrected chi connectivity index (χ3v) is 4.68. The summed E-state index contributed by atoms with van der Waals surface area (Å²) < 4.78 is 0. The third kappa shape index (κ3) is 4.11. The molecule has 2 aromatic carbocycles. The summed E-state index contributed by atoms with van der Waals surface area (Å²) in [5, 5.41) is 3.63. The van der Waals surface area contributed by atoms with Crippen molar-refractivity contribution in [2.45, 2.75) is 26.3 Å². The van der Waals surface area contributed by atoms with Crippen LogP contribution in [0.5, 0.6) is 0 Å². The summed E-state index contributed by atoms with van der Waals surface area (Å²) in [4.78, 5) is 2.58. The Bertz CT molecular complexity index is 571. The fraction of sp³-hybridized carbons (Fsp3) is 0.400. The number of hydrogen-bond donors (Lipinski definition) is 1. The summed E-state index contributed by atoms with van der Waals surface area (Å²) in [6, 6.07) is 19.4. The van der Waals surface area contributed by atoms with Crippen LogP contribution >= 0.6 is 0 Å². The van der Waals surface area contributed by atoms with E-state index < -0.39 is 0 Å². The molecule has 1 heterocycles. The second kappa shape index (κ2) is 7.46. The van der Waals surface area contributed by atoms with Gasteiger partial charge in [0.15, 0.2) is 0 Å². The molecular weight excluding hydrogens is 268 g/mol. The fourth-order valence-electron chi connectivity index (χ4n) is 3.22. The lowest BCUT2D eigenvalue weighted by Crippen LogP contribution is -2.35. The molecular formula is C20H26N2. The van der Waals surface area contributed by atoms with E-state index in [4.69, 9.17) is 0 Å². The minimum atomic E-state index is 0.798. The molecule has 3 rings (SSSR count). The molecule has 0 bridgehead atoms. The zero-order valence-corrected chi connectivity index (χ0v) is 13.5. The standard InChI is InChI=1S/C20H26N2/c1-17-7-5-6-10-20(17)21-15-18-11-13-22(14-12-18)16-19-8-3-2-4-9-19/h2-10,18,21H,11-16H2,1H3. The topological polar surface area (TPSA) is 15.3 Å². The highest BCUT2D eigenvalue weighted by molar-refractivity contribution is 5.50. The van der Waals surface area contributed by atoms with Crippen LogP contribution in [-0.4, -0.2) is 24.5 Å². The first-order chi connectivity index (χ1) is 10.8. The highest BCUT2D eigenvalue weighted by Gasteiger charge is 2.19. The molecule has 0 amide bonds. The predicted molar refractivity (Wildman–Crippen MR) is 94.1 cm³/mol. The Labute approximate surface area is 134 Å². The van der Waals surface area contributed by atoms with E-state index in [-0.39, 0.29) is 0 Å². The van der Waals surface area contributed by atoms with E-state index in [0.29, 0.717) is 0 Å². The van der Waals surface area contributed by atoms with Crippen molar-refractivity contribution < 1.29 is 0 Å². The molecule has 1 saturated heterocycles. The number of nitrogens with zero attached hydrogens (tertiary/aromatic N) is 1. The van der Waals surface area contributed by atoms with Crippen molar-refractivity contribution >= 4 is 5.69 Å². The number of anilines is 1. The van der Waals surface area contributed by atoms with Crippen molar-refractivity contribution in [3.8, 4) is 0 Å². The fourth-order valence-corrected chi connectivity index (χ4v) is 3.22. The first-order valence-electron chi connectivity index (χ1n) is 8.37. The number of piperidine rings is 1. The third-order valence-electron chi connectivity index (χ3n) is 4.68. The first kappa shape index (κ1) is 15.1. The maximum Gasteiger partial charge on any atom is 0.0369 e. The van der Waals surface area contributed by atoms with Crippen LogP contribution in [0.3, 0.4) is 0 Å². The highest BCUT2D eigenvalue weighted by atomic mass is 15.1. The zero-order chi connectivity index (χ0) is 15.2. The molecule has 2 heteroatoms. The number of rotatable bonds is 5. The molecule has 1 aliphatic rings. The number of nitrogens with one attached hydrogen (secondary N) is 1. The minimum absolute atomic E-state index is 0.798. The molecule has 1 fully saturated rings. The quantitative estimate of drug-likeness (QED) is 0.883. The smallest absolute Gasteiger partial charge is 0.0369 e. The van der Waals surface area contributed by atoms with Crippen molar-refractivity contribution in [2.75, 3.05) is 25.0 Å². The molecule has 0 unspecified atom stereocenters. The molecule has 2 nitrogen and oxygen atoms in total. The largest absolute Gasteiger partial charge is 0.385 e. The van der Waals surface area contributed by atoms with Crippen LogP contribution in [0.2, 0.25) is 0 Å². The maximum absolute atomic E-state index is 3.63. The Kier molecular flexibility index (Phi) is 5.12. The molecule has 2 aromatic rings. The van der Waals surface area contributed by atoms with E-state index in [9.17, 15) is 0 Å². The van der Waals surface area contributed by atoms with Crippen LogP contribution in [0.1, 0.15) is 24.0 Å². The predicted octanol–water partition coefficient (Wildman–Crippen LogP) is 4.32. The van der Waals surface area contributed by atoms with E-state index >= 15 is 0 Å². The van der Waals surface area contributed by atoms with E-state index in [1.807, 2.05) is 0 Å². The van der Waals surface area contributed by atoms with Gasteiger partial charge in [-0.05, 0) is 56.0 Å². The minimum Gasteiger partial charge on any atom is -0.385 e. The van der Waals surface area contributed by atoms with Crippen LogP contribution in [0.25, 0.3) is 0 Å². The van der Waals surface area contributed by atoms with Gasteiger partial charge in [0.2, 0.25) is 0 Å². The van der Waals surface area contributed by atoms with Crippen LogP contribution in [0.15, 0.2) is 54.6 Å². The van der Waals surface area contributed by atoms with Gasteiger partial charge in [0.25, 0.3) is 0 Å². The average Bonchev–Trinajstić information content (AvgIpc) is 2.56. The van der Waals surface area contributed by atoms with Crippen LogP contribution in [-0.2, 0) is 6.54 Å². The normalized spacial score (nSPS) is 16.6. The van der Waals surface area contributed by atoms with E-state index in [0.717, 1.165) is 19.0 Å². The van der Waals surface area contributed by atoms with E-state index in [2.05, 4.69) is 71.7 Å². The molecule has 1 aliphatic heterocycles. The van der Waals surface area contributed by atoms with Crippen molar-refractivity contribution in [3.05, 3.63) is 65.7 Å². The van der Waals surface area contributed by atoms with Crippen molar-refractivity contribution in [3.63, 3.8) is 0 Å². The second-order valence-electron chi connectivity index (χ2n) is 6.40. The summed E-state index contributed by atoms with van der Waals surface area (Å²) in [5.41, 5.74) is 4.05. The first-order valence-corrected chi connectivity index (χ1v) is 8.37. The lowest BCUT2D eigenvalue weighted by Gasteiger charge is -2.32. The summed E-state index contributed by atoms with van der Waals surface area (Å²) >= 11 is 0. The van der Waals surface area contributed by atoms with Crippen LogP contribution in [0.4, 0.5) is 5.69 Å². The molecule has 116 valence electrons. The van der Waals surface area contributed by atoms with Gasteiger partial charge in [0, 0.05) is 18.8 Å². The second-order valence-corrected chi connectivity index (χ2v) is 6.40. The number of benzene rings is 2. The number of hydrogen-bond acceptors (Lipinski definition) is 2. The summed E-state index contributed by atoms with van der Waals surface area (Å²) in [6.45, 7) is 6.80. The number of para-hydroxylation sites is 1. The van der Waals surface area contributed by atoms with E-state index in [1.54, 1.807) is 0 Å². The summed E-state index contributed by atoms with van der Waals surface area (Å²) in [5.74, 6) is 0.798. The zero-order valence-electron chi connectivity index (χ0n) is 13.5. The van der Waals surface area contributed by atoms with Gasteiger partial charge in [-0.2, -0.15) is 0 Å². The highest BCUT2D eigenvalue weighted by Crippen LogP contribution is 2.21. The van der Waals surface area contributed by atoms with Crippen LogP contribution in [0, 0.1) is 12.8 Å². The Morgan fingerprint density at radius 3 is 2.36 bits per heavy atom. The molecule has 0 radical (unpaired) electrons. The Morgan fingerprint density at radius 2 is 1.64 bits per heavy atom. The van der Waals surface area contributed by atoms with Gasteiger partial charge in [-0.15, -0.1) is 0 Å². The Balaban J connectivity index is 1.43. The van der Waals surface area contributed by atoms with E-state index in [1.165, 1.54) is 42.7 Å². The van der Waals surface area contributed by atoms with Gasteiger partial charge >= 0.3 is 0 Å². The molecule has 22 heavy (non-hydrogen) atoms. The van der Waals surface area contributed by atoms with Gasteiger partial charge < -0.3 is 5.32 Å². The summed E-state index contributed by atoms with van der Waals surface area (Å²) in [7, 11) is 0. The van der Waals surface area contributed by atoms with Gasteiger partial charge in [0.05, 0.1) is 0 Å². The Hall–Kier alpha value is -1.80. The molecule has 0 spiro atoms. The molecule has 0 atom stereocenters. The van der Waals surface area contributed by atoms with Gasteiger partial charge in [-0.3, -0.25) is 4.90 Å². The Morgan fingerprint density at radius 1 is 0.955 bits per heavy atom. The lowest BCUT2D eigenvalue weighted by molar-refractivity contribution is 0.182. The SMILES string of the molecule is Cc1ccccc1NCC1CCN(Cc2ccccc2)CC1. The van der Waals surface area contributed by atoms with Crippen molar-refractivity contribution in [1.82, 2.24) is 4.90 Å². The monoisotopic (exact) mass is 294 g/mol. The molecule has 0 saturated carbocycles. The molecule has 0 aliphatic carbocycles. The van der Waals surface area contributed by atoms with Crippen LogP contribution < -0.4 is 5.32 Å². The average molecular weight is 294 g/mol. The van der Waals surface area contributed by atoms with Gasteiger partial charge in [0.1, 0.15) is 0 Å². The lowest BCUT2D eigenvalue weighted by atomic mass is 9.96. The van der Waals surface area contributed by atoms with Gasteiger partial charge in [-0.25, -0.2) is 0 Å².